The van der Waals surface area contributed by atoms with Crippen LogP contribution in [0.15, 0.2) is 30.5 Å². The first kappa shape index (κ1) is 24.8. The molecule has 0 bridgehead atoms. The number of rotatable bonds is 6. The maximum Gasteiger partial charge on any atom is 0.272 e. The van der Waals surface area contributed by atoms with Gasteiger partial charge in [-0.2, -0.15) is 0 Å². The summed E-state index contributed by atoms with van der Waals surface area (Å²) >= 11 is 0. The van der Waals surface area contributed by atoms with Gasteiger partial charge in [0.2, 0.25) is 0 Å². The monoisotopic (exact) mass is 526 g/mol. The van der Waals surface area contributed by atoms with Crippen LogP contribution in [0.3, 0.4) is 0 Å². The number of hydrogen-bond acceptors (Lipinski definition) is 7. The van der Waals surface area contributed by atoms with Gasteiger partial charge in [-0.1, -0.05) is 6.07 Å². The summed E-state index contributed by atoms with van der Waals surface area (Å²) in [6, 6.07) is 5.02. The Labute approximate surface area is 218 Å². The SMILES string of the molecule is O=C(c1cc2nc(NC3CC3)c(N3CCC(C(F)c4ccc(F)cc4F)CC3)nc2cn1)N1CCOCC1. The molecule has 6 rings (SSSR count). The van der Waals surface area contributed by atoms with E-state index >= 15 is 4.39 Å². The van der Waals surface area contributed by atoms with Crippen LogP contribution in [0.5, 0.6) is 0 Å². The Morgan fingerprint density at radius 3 is 2.47 bits per heavy atom. The Morgan fingerprint density at radius 1 is 1.00 bits per heavy atom. The van der Waals surface area contributed by atoms with Crippen LogP contribution in [0.2, 0.25) is 0 Å². The van der Waals surface area contributed by atoms with Crippen LogP contribution in [0, 0.1) is 17.6 Å². The second kappa shape index (κ2) is 10.4. The number of halogens is 3. The first-order chi connectivity index (χ1) is 18.5. The number of benzene rings is 1. The van der Waals surface area contributed by atoms with E-state index in [-0.39, 0.29) is 17.4 Å². The molecule has 0 spiro atoms. The standard InChI is InChI=1S/C27H29F3N6O2/c28-17-1-4-19(20(29)13-17)24(30)16-5-7-35(8-6-16)26-25(32-18-2-3-18)33-21-14-22(31-15-23(21)34-26)27(37)36-9-11-38-12-10-36/h1,4,13-16,18,24H,2-3,5-12H2,(H,32,33). The van der Waals surface area contributed by atoms with E-state index in [1.54, 1.807) is 17.2 Å². The van der Waals surface area contributed by atoms with E-state index in [4.69, 9.17) is 14.7 Å². The minimum Gasteiger partial charge on any atom is -0.378 e. The molecule has 1 N–H and O–H groups in total. The van der Waals surface area contributed by atoms with Crippen molar-refractivity contribution in [2.75, 3.05) is 49.6 Å². The molecule has 1 aliphatic carbocycles. The van der Waals surface area contributed by atoms with Crippen LogP contribution < -0.4 is 10.2 Å². The van der Waals surface area contributed by atoms with Crippen molar-refractivity contribution in [1.29, 1.82) is 0 Å². The number of piperidine rings is 1. The lowest BCUT2D eigenvalue weighted by atomic mass is 9.88. The van der Waals surface area contributed by atoms with Gasteiger partial charge in [-0.25, -0.2) is 28.1 Å². The van der Waals surface area contributed by atoms with Crippen molar-refractivity contribution in [2.24, 2.45) is 5.92 Å². The molecule has 2 aliphatic heterocycles. The fourth-order valence-corrected chi connectivity index (χ4v) is 5.12. The normalized spacial score (nSPS) is 19.6. The van der Waals surface area contributed by atoms with Gasteiger partial charge in [-0.15, -0.1) is 0 Å². The molecule has 3 aromatic rings. The molecule has 4 heterocycles. The number of amides is 1. The minimum absolute atomic E-state index is 0.0973. The lowest BCUT2D eigenvalue weighted by Crippen LogP contribution is -2.41. The number of fused-ring (bicyclic) bond motifs is 1. The summed E-state index contributed by atoms with van der Waals surface area (Å²) in [6.45, 7) is 3.12. The van der Waals surface area contributed by atoms with Gasteiger partial charge in [-0.05, 0) is 43.7 Å². The number of alkyl halides is 1. The van der Waals surface area contributed by atoms with Gasteiger partial charge in [0.1, 0.15) is 29.0 Å². The van der Waals surface area contributed by atoms with E-state index in [1.165, 1.54) is 6.07 Å². The Bertz CT molecular complexity index is 1340. The molecule has 8 nitrogen and oxygen atoms in total. The summed E-state index contributed by atoms with van der Waals surface area (Å²) in [5.41, 5.74) is 1.37. The molecule has 0 radical (unpaired) electrons. The number of anilines is 2. The molecule has 1 atom stereocenters. The van der Waals surface area contributed by atoms with Gasteiger partial charge in [0, 0.05) is 43.9 Å². The van der Waals surface area contributed by atoms with Crippen molar-refractivity contribution in [3.63, 3.8) is 0 Å². The third kappa shape index (κ3) is 5.11. The van der Waals surface area contributed by atoms with E-state index < -0.39 is 17.8 Å². The highest BCUT2D eigenvalue weighted by atomic mass is 19.1. The molecular formula is C27H29F3N6O2. The van der Waals surface area contributed by atoms with Crippen molar-refractivity contribution < 1.29 is 22.7 Å². The molecule has 1 saturated carbocycles. The zero-order valence-corrected chi connectivity index (χ0v) is 20.9. The number of nitrogens with one attached hydrogen (secondary N) is 1. The molecule has 2 aromatic heterocycles. The Morgan fingerprint density at radius 2 is 1.76 bits per heavy atom. The van der Waals surface area contributed by atoms with Crippen LogP contribution in [0.4, 0.5) is 24.8 Å². The molecule has 1 unspecified atom stereocenters. The first-order valence-electron chi connectivity index (χ1n) is 13.1. The van der Waals surface area contributed by atoms with Crippen LogP contribution in [0.1, 0.15) is 47.9 Å². The number of carbonyl (C=O) groups excluding carboxylic acids is 1. The van der Waals surface area contributed by atoms with Gasteiger partial charge >= 0.3 is 0 Å². The van der Waals surface area contributed by atoms with Crippen molar-refractivity contribution in [3.05, 3.63) is 53.4 Å². The molecule has 1 aromatic carbocycles. The maximum absolute atomic E-state index is 15.2. The fourth-order valence-electron chi connectivity index (χ4n) is 5.12. The average Bonchev–Trinajstić information content (AvgIpc) is 3.76. The van der Waals surface area contributed by atoms with Crippen LogP contribution in [-0.4, -0.2) is 71.2 Å². The van der Waals surface area contributed by atoms with E-state index in [9.17, 15) is 13.6 Å². The van der Waals surface area contributed by atoms with Gasteiger partial charge in [-0.3, -0.25) is 4.79 Å². The summed E-state index contributed by atoms with van der Waals surface area (Å²) in [6.07, 6.45) is 3.15. The van der Waals surface area contributed by atoms with E-state index in [0.717, 1.165) is 25.0 Å². The van der Waals surface area contributed by atoms with Crippen molar-refractivity contribution in [3.8, 4) is 0 Å². The van der Waals surface area contributed by atoms with E-state index in [1.807, 2.05) is 0 Å². The summed E-state index contributed by atoms with van der Waals surface area (Å²) in [7, 11) is 0. The molecular weight excluding hydrogens is 497 g/mol. The summed E-state index contributed by atoms with van der Waals surface area (Å²) in [5, 5.41) is 3.45. The zero-order chi connectivity index (χ0) is 26.2. The van der Waals surface area contributed by atoms with Crippen molar-refractivity contribution >= 4 is 28.6 Å². The molecule has 200 valence electrons. The summed E-state index contributed by atoms with van der Waals surface area (Å²) in [4.78, 5) is 30.8. The molecule has 3 aliphatic rings. The topological polar surface area (TPSA) is 83.5 Å². The lowest BCUT2D eigenvalue weighted by Gasteiger charge is -2.35. The second-order valence-corrected chi connectivity index (χ2v) is 10.2. The molecule has 38 heavy (non-hydrogen) atoms. The third-order valence-corrected chi connectivity index (χ3v) is 7.48. The van der Waals surface area contributed by atoms with Gasteiger partial charge in [0.15, 0.2) is 11.6 Å². The largest absolute Gasteiger partial charge is 0.378 e. The van der Waals surface area contributed by atoms with Gasteiger partial charge in [0.25, 0.3) is 5.91 Å². The van der Waals surface area contributed by atoms with Crippen molar-refractivity contribution in [1.82, 2.24) is 19.9 Å². The number of pyridine rings is 1. The number of nitrogens with zero attached hydrogens (tertiary/aromatic N) is 5. The van der Waals surface area contributed by atoms with Crippen LogP contribution in [0.25, 0.3) is 11.0 Å². The average molecular weight is 527 g/mol. The second-order valence-electron chi connectivity index (χ2n) is 10.2. The zero-order valence-electron chi connectivity index (χ0n) is 20.9. The van der Waals surface area contributed by atoms with Crippen LogP contribution in [-0.2, 0) is 4.74 Å². The highest BCUT2D eigenvalue weighted by Crippen LogP contribution is 2.38. The van der Waals surface area contributed by atoms with E-state index in [0.29, 0.717) is 86.6 Å². The number of aromatic nitrogens is 3. The minimum atomic E-state index is -1.50. The van der Waals surface area contributed by atoms with Crippen LogP contribution >= 0.6 is 0 Å². The highest BCUT2D eigenvalue weighted by molar-refractivity contribution is 5.95. The molecule has 2 saturated heterocycles. The summed E-state index contributed by atoms with van der Waals surface area (Å²) in [5.74, 6) is -0.801. The molecule has 3 fully saturated rings. The third-order valence-electron chi connectivity index (χ3n) is 7.48. The predicted molar refractivity (Wildman–Crippen MR) is 136 cm³/mol. The van der Waals surface area contributed by atoms with Crippen molar-refractivity contribution in [2.45, 2.75) is 37.9 Å². The Hall–Kier alpha value is -3.47. The first-order valence-corrected chi connectivity index (χ1v) is 13.1. The quantitative estimate of drug-likeness (QED) is 0.514. The highest BCUT2D eigenvalue weighted by Gasteiger charge is 2.32. The Balaban J connectivity index is 1.22. The summed E-state index contributed by atoms with van der Waals surface area (Å²) < 4.78 is 47.9. The number of ether oxygens (including phenoxy) is 1. The predicted octanol–water partition coefficient (Wildman–Crippen LogP) is 4.28. The smallest absolute Gasteiger partial charge is 0.272 e. The lowest BCUT2D eigenvalue weighted by molar-refractivity contribution is 0.0299. The molecule has 11 heteroatoms. The molecule has 1 amide bonds. The Kier molecular flexibility index (Phi) is 6.77. The number of carbonyl (C=O) groups is 1. The maximum atomic E-state index is 15.2. The number of morpholine rings is 1. The van der Waals surface area contributed by atoms with Gasteiger partial charge < -0.3 is 19.9 Å². The fraction of sp³-hybridized carbons (Fsp3) is 0.481. The van der Waals surface area contributed by atoms with E-state index in [2.05, 4.69) is 15.2 Å². The number of hydrogen-bond donors (Lipinski definition) is 1. The van der Waals surface area contributed by atoms with Gasteiger partial charge in [0.05, 0.1) is 24.9 Å².